The fourth-order valence-electron chi connectivity index (χ4n) is 3.88. The quantitative estimate of drug-likeness (QED) is 0.736. The lowest BCUT2D eigenvalue weighted by Gasteiger charge is -2.17. The summed E-state index contributed by atoms with van der Waals surface area (Å²) in [5.74, 6) is 2.30. The highest BCUT2D eigenvalue weighted by molar-refractivity contribution is 5.92. The van der Waals surface area contributed by atoms with Gasteiger partial charge in [0.2, 0.25) is 0 Å². The number of fused-ring (bicyclic) bond motifs is 1. The molecule has 1 amide bonds. The molecule has 25 heavy (non-hydrogen) atoms. The van der Waals surface area contributed by atoms with E-state index < -0.39 is 0 Å². The second-order valence-corrected chi connectivity index (χ2v) is 7.10. The normalized spacial score (nSPS) is 20.5. The lowest BCUT2D eigenvalue weighted by Crippen LogP contribution is -2.29. The van der Waals surface area contributed by atoms with Crippen LogP contribution in [0.15, 0.2) is 34.9 Å². The molecule has 1 aliphatic carbocycles. The van der Waals surface area contributed by atoms with Gasteiger partial charge in [-0.25, -0.2) is 4.98 Å². The molecule has 5 rings (SSSR count). The number of amides is 1. The first kappa shape index (κ1) is 14.7. The molecule has 3 aromatic rings. The van der Waals surface area contributed by atoms with E-state index in [-0.39, 0.29) is 11.9 Å². The van der Waals surface area contributed by atoms with E-state index in [2.05, 4.69) is 20.8 Å². The first-order chi connectivity index (χ1) is 12.2. The average Bonchev–Trinajstić information content (AvgIpc) is 3.05. The predicted octanol–water partition coefficient (Wildman–Crippen LogP) is 3.30. The van der Waals surface area contributed by atoms with Crippen molar-refractivity contribution in [2.75, 3.05) is 13.1 Å². The number of hydrogen-bond donors (Lipinski definition) is 0. The second kappa shape index (κ2) is 5.44. The molecule has 0 N–H and O–H groups in total. The molecule has 1 atom stereocenters. The summed E-state index contributed by atoms with van der Waals surface area (Å²) >= 11 is 0. The van der Waals surface area contributed by atoms with Gasteiger partial charge in [-0.3, -0.25) is 4.79 Å². The number of likely N-dealkylation sites (tertiary alicyclic amines) is 1. The summed E-state index contributed by atoms with van der Waals surface area (Å²) in [6, 6.07) is 10.3. The third-order valence-electron chi connectivity index (χ3n) is 5.32. The predicted molar refractivity (Wildman–Crippen MR) is 92.5 cm³/mol. The van der Waals surface area contributed by atoms with Gasteiger partial charge in [0, 0.05) is 25.1 Å². The Morgan fingerprint density at radius 2 is 2.08 bits per heavy atom. The van der Waals surface area contributed by atoms with Crippen molar-refractivity contribution in [1.29, 1.82) is 0 Å². The van der Waals surface area contributed by atoms with E-state index in [0.717, 1.165) is 48.4 Å². The van der Waals surface area contributed by atoms with Gasteiger partial charge in [-0.2, -0.15) is 0 Å². The van der Waals surface area contributed by atoms with Crippen LogP contribution in [0.1, 0.15) is 53.3 Å². The number of carbonyl (C=O) groups is 1. The van der Waals surface area contributed by atoms with Crippen molar-refractivity contribution in [1.82, 2.24) is 19.6 Å². The van der Waals surface area contributed by atoms with Crippen molar-refractivity contribution in [3.05, 3.63) is 47.6 Å². The van der Waals surface area contributed by atoms with E-state index in [1.807, 2.05) is 36.1 Å². The van der Waals surface area contributed by atoms with E-state index in [1.165, 1.54) is 0 Å². The van der Waals surface area contributed by atoms with E-state index in [4.69, 9.17) is 4.52 Å². The Labute approximate surface area is 145 Å². The number of carbonyl (C=O) groups excluding carboxylic acids is 1. The van der Waals surface area contributed by atoms with Crippen LogP contribution in [0.3, 0.4) is 0 Å². The summed E-state index contributed by atoms with van der Waals surface area (Å²) in [6.07, 6.45) is 3.21. The minimum Gasteiger partial charge on any atom is -0.360 e. The molecular formula is C19H20N4O2. The number of hydrogen-bond acceptors (Lipinski definition) is 4. The molecule has 6 heteroatoms. The molecule has 2 fully saturated rings. The van der Waals surface area contributed by atoms with Crippen molar-refractivity contribution >= 4 is 16.9 Å². The second-order valence-electron chi connectivity index (χ2n) is 7.10. The van der Waals surface area contributed by atoms with Gasteiger partial charge in [-0.1, -0.05) is 17.3 Å². The molecule has 2 aromatic heterocycles. The molecular weight excluding hydrogens is 316 g/mol. The van der Waals surface area contributed by atoms with Crippen LogP contribution in [0.25, 0.3) is 11.0 Å². The van der Waals surface area contributed by atoms with E-state index in [0.29, 0.717) is 18.2 Å². The largest absolute Gasteiger partial charge is 0.360 e. The summed E-state index contributed by atoms with van der Waals surface area (Å²) in [5.41, 5.74) is 2.59. The number of aromatic nitrogens is 3. The van der Waals surface area contributed by atoms with Crippen LogP contribution in [-0.4, -0.2) is 38.6 Å². The fourth-order valence-corrected chi connectivity index (χ4v) is 3.88. The van der Waals surface area contributed by atoms with Gasteiger partial charge in [0.15, 0.2) is 5.69 Å². The third-order valence-corrected chi connectivity index (χ3v) is 5.32. The molecule has 0 spiro atoms. The minimum absolute atomic E-state index is 0.0276. The van der Waals surface area contributed by atoms with Gasteiger partial charge in [-0.15, -0.1) is 0 Å². The number of nitrogens with zero attached hydrogens (tertiary/aromatic N) is 4. The Morgan fingerprint density at radius 1 is 1.24 bits per heavy atom. The SMILES string of the molecule is Cc1nc2ccccc2n1[C@H]1CCN(C(=O)c2cc(C3CC3)on2)C1. The summed E-state index contributed by atoms with van der Waals surface area (Å²) in [7, 11) is 0. The van der Waals surface area contributed by atoms with E-state index in [1.54, 1.807) is 0 Å². The minimum atomic E-state index is -0.0276. The Balaban J connectivity index is 1.38. The zero-order chi connectivity index (χ0) is 17.0. The van der Waals surface area contributed by atoms with Crippen molar-refractivity contribution in [3.8, 4) is 0 Å². The maximum atomic E-state index is 12.7. The number of para-hydroxylation sites is 2. The Morgan fingerprint density at radius 3 is 2.92 bits per heavy atom. The molecule has 3 heterocycles. The highest BCUT2D eigenvalue weighted by Crippen LogP contribution is 2.40. The molecule has 0 unspecified atom stereocenters. The average molecular weight is 336 g/mol. The van der Waals surface area contributed by atoms with Gasteiger partial charge in [0.1, 0.15) is 11.6 Å². The first-order valence-electron chi connectivity index (χ1n) is 8.90. The van der Waals surface area contributed by atoms with Crippen LogP contribution in [0.5, 0.6) is 0 Å². The molecule has 1 aliphatic heterocycles. The van der Waals surface area contributed by atoms with Gasteiger partial charge in [-0.05, 0) is 38.3 Å². The van der Waals surface area contributed by atoms with Crippen molar-refractivity contribution in [2.24, 2.45) is 0 Å². The lowest BCUT2D eigenvalue weighted by molar-refractivity contribution is 0.0777. The van der Waals surface area contributed by atoms with Crippen molar-refractivity contribution in [3.63, 3.8) is 0 Å². The monoisotopic (exact) mass is 336 g/mol. The van der Waals surface area contributed by atoms with Gasteiger partial charge in [0.05, 0.1) is 17.1 Å². The summed E-state index contributed by atoms with van der Waals surface area (Å²) in [6.45, 7) is 3.46. The number of rotatable bonds is 3. The standard InChI is InChI=1S/C19H20N4O2/c1-12-20-15-4-2-3-5-17(15)23(12)14-8-9-22(11-14)19(24)16-10-18(25-21-16)13-6-7-13/h2-5,10,13-14H,6-9,11H2,1H3/t14-/m0/s1. The lowest BCUT2D eigenvalue weighted by atomic mass is 10.2. The molecule has 128 valence electrons. The Kier molecular flexibility index (Phi) is 3.20. The van der Waals surface area contributed by atoms with Crippen LogP contribution in [0.4, 0.5) is 0 Å². The molecule has 1 aromatic carbocycles. The highest BCUT2D eigenvalue weighted by Gasteiger charge is 2.33. The number of benzene rings is 1. The third kappa shape index (κ3) is 2.44. The van der Waals surface area contributed by atoms with E-state index in [9.17, 15) is 4.79 Å². The zero-order valence-electron chi connectivity index (χ0n) is 14.2. The topological polar surface area (TPSA) is 64.2 Å². The van der Waals surface area contributed by atoms with Crippen molar-refractivity contribution < 1.29 is 9.32 Å². The first-order valence-corrected chi connectivity index (χ1v) is 8.90. The maximum Gasteiger partial charge on any atom is 0.276 e. The van der Waals surface area contributed by atoms with E-state index >= 15 is 0 Å². The van der Waals surface area contributed by atoms with Crippen molar-refractivity contribution in [2.45, 2.75) is 38.1 Å². The van der Waals surface area contributed by atoms with Crippen LogP contribution in [0.2, 0.25) is 0 Å². The molecule has 2 aliphatic rings. The van der Waals surface area contributed by atoms with Gasteiger partial charge < -0.3 is 14.0 Å². The van der Waals surface area contributed by atoms with Crippen LogP contribution in [-0.2, 0) is 0 Å². The Bertz CT molecular complexity index is 953. The summed E-state index contributed by atoms with van der Waals surface area (Å²) in [4.78, 5) is 19.3. The zero-order valence-corrected chi connectivity index (χ0v) is 14.2. The maximum absolute atomic E-state index is 12.7. The van der Waals surface area contributed by atoms with Crippen LogP contribution in [0, 0.1) is 6.92 Å². The summed E-state index contributed by atoms with van der Waals surface area (Å²) in [5, 5.41) is 3.99. The van der Waals surface area contributed by atoms with Gasteiger partial charge in [0.25, 0.3) is 5.91 Å². The molecule has 0 radical (unpaired) electrons. The smallest absolute Gasteiger partial charge is 0.276 e. The molecule has 1 saturated heterocycles. The van der Waals surface area contributed by atoms with Crippen LogP contribution < -0.4 is 0 Å². The Hall–Kier alpha value is -2.63. The van der Waals surface area contributed by atoms with Crippen LogP contribution >= 0.6 is 0 Å². The fraction of sp³-hybridized carbons (Fsp3) is 0.421. The number of aryl methyl sites for hydroxylation is 1. The van der Waals surface area contributed by atoms with Gasteiger partial charge >= 0.3 is 0 Å². The molecule has 6 nitrogen and oxygen atoms in total. The summed E-state index contributed by atoms with van der Waals surface area (Å²) < 4.78 is 7.60. The number of imidazole rings is 1. The molecule has 0 bridgehead atoms. The molecule has 1 saturated carbocycles. The highest BCUT2D eigenvalue weighted by atomic mass is 16.5.